The lowest BCUT2D eigenvalue weighted by Gasteiger charge is -2.09. The second kappa shape index (κ2) is 7.91. The highest BCUT2D eigenvalue weighted by molar-refractivity contribution is 5.41. The molecule has 5 N–H and O–H groups in total. The second-order valence-electron chi connectivity index (χ2n) is 6.69. The van der Waals surface area contributed by atoms with Gasteiger partial charge >= 0.3 is 0 Å². The summed E-state index contributed by atoms with van der Waals surface area (Å²) in [6, 6.07) is 14.7. The number of aromatic hydroxyl groups is 5. The molecule has 0 unspecified atom stereocenters. The van der Waals surface area contributed by atoms with Gasteiger partial charge in [0, 0.05) is 6.07 Å². The van der Waals surface area contributed by atoms with Crippen molar-refractivity contribution in [3.05, 3.63) is 76.9 Å². The first-order valence-corrected chi connectivity index (χ1v) is 8.73. The van der Waals surface area contributed by atoms with E-state index in [9.17, 15) is 25.5 Å². The summed E-state index contributed by atoms with van der Waals surface area (Å²) in [5.41, 5.74) is 3.64. The quantitative estimate of drug-likeness (QED) is 0.427. The van der Waals surface area contributed by atoms with Crippen molar-refractivity contribution < 1.29 is 25.5 Å². The van der Waals surface area contributed by atoms with Gasteiger partial charge in [-0.15, -0.1) is 0 Å². The first kappa shape index (κ1) is 18.5. The Labute approximate surface area is 157 Å². The third kappa shape index (κ3) is 5.07. The van der Waals surface area contributed by atoms with Gasteiger partial charge in [-0.25, -0.2) is 0 Å². The normalized spacial score (nSPS) is 10.8. The van der Waals surface area contributed by atoms with E-state index >= 15 is 0 Å². The monoisotopic (exact) mass is 366 g/mol. The van der Waals surface area contributed by atoms with Crippen LogP contribution in [0.1, 0.15) is 22.3 Å². The molecular weight excluding hydrogens is 344 g/mol. The van der Waals surface area contributed by atoms with E-state index in [0.717, 1.165) is 22.3 Å². The largest absolute Gasteiger partial charge is 0.508 e. The van der Waals surface area contributed by atoms with E-state index in [-0.39, 0.29) is 28.7 Å². The van der Waals surface area contributed by atoms with Crippen LogP contribution in [0.2, 0.25) is 0 Å². The molecule has 0 saturated carbocycles. The maximum atomic E-state index is 10.0. The number of rotatable bonds is 6. The molecule has 3 aromatic carbocycles. The molecule has 0 spiro atoms. The zero-order valence-corrected chi connectivity index (χ0v) is 14.8. The van der Waals surface area contributed by atoms with Crippen molar-refractivity contribution >= 4 is 0 Å². The van der Waals surface area contributed by atoms with E-state index in [1.165, 1.54) is 18.2 Å². The highest BCUT2D eigenvalue weighted by Crippen LogP contribution is 2.26. The summed E-state index contributed by atoms with van der Waals surface area (Å²) >= 11 is 0. The minimum atomic E-state index is -0.142. The molecule has 0 radical (unpaired) electrons. The van der Waals surface area contributed by atoms with E-state index in [4.69, 9.17) is 0 Å². The average molecular weight is 366 g/mol. The summed E-state index contributed by atoms with van der Waals surface area (Å²) in [6.45, 7) is 0. The first-order chi connectivity index (χ1) is 12.9. The van der Waals surface area contributed by atoms with E-state index in [0.29, 0.717) is 25.7 Å². The minimum absolute atomic E-state index is 0.0266. The summed E-state index contributed by atoms with van der Waals surface area (Å²) in [7, 11) is 0. The Morgan fingerprint density at radius 2 is 0.852 bits per heavy atom. The highest BCUT2D eigenvalue weighted by atomic mass is 16.3. The van der Waals surface area contributed by atoms with Crippen molar-refractivity contribution in [3.8, 4) is 28.7 Å². The Morgan fingerprint density at radius 3 is 1.37 bits per heavy atom. The minimum Gasteiger partial charge on any atom is -0.508 e. The first-order valence-electron chi connectivity index (χ1n) is 8.73. The summed E-state index contributed by atoms with van der Waals surface area (Å²) in [4.78, 5) is 0. The van der Waals surface area contributed by atoms with Crippen molar-refractivity contribution in [2.24, 2.45) is 0 Å². The SMILES string of the molecule is Oc1cc(O)cc(CCc2cc(O)cc(CCc3ccc(O)c(O)c3)c2)c1. The Hall–Kier alpha value is -3.34. The molecule has 0 amide bonds. The zero-order valence-electron chi connectivity index (χ0n) is 14.8. The maximum Gasteiger partial charge on any atom is 0.157 e. The van der Waals surface area contributed by atoms with Crippen LogP contribution in [0, 0.1) is 0 Å². The topological polar surface area (TPSA) is 101 Å². The number of benzene rings is 3. The molecule has 0 fully saturated rings. The van der Waals surface area contributed by atoms with Gasteiger partial charge in [0.15, 0.2) is 11.5 Å². The molecule has 0 bridgehead atoms. The van der Waals surface area contributed by atoms with Gasteiger partial charge in [0.1, 0.15) is 17.2 Å². The van der Waals surface area contributed by atoms with Crippen LogP contribution >= 0.6 is 0 Å². The zero-order chi connectivity index (χ0) is 19.4. The third-order valence-electron chi connectivity index (χ3n) is 4.44. The molecule has 3 rings (SSSR count). The van der Waals surface area contributed by atoms with Gasteiger partial charge in [0.2, 0.25) is 0 Å². The summed E-state index contributed by atoms with van der Waals surface area (Å²) in [5, 5.41) is 48.1. The van der Waals surface area contributed by atoms with Crippen molar-refractivity contribution in [2.75, 3.05) is 0 Å². The van der Waals surface area contributed by atoms with Crippen LogP contribution < -0.4 is 0 Å². The number of hydrogen-bond donors (Lipinski definition) is 5. The lowest BCUT2D eigenvalue weighted by atomic mass is 9.98. The van der Waals surface area contributed by atoms with Gasteiger partial charge in [-0.3, -0.25) is 0 Å². The van der Waals surface area contributed by atoms with E-state index in [2.05, 4.69) is 0 Å². The van der Waals surface area contributed by atoms with Crippen molar-refractivity contribution in [1.82, 2.24) is 0 Å². The average Bonchev–Trinajstić information content (AvgIpc) is 2.60. The molecule has 5 nitrogen and oxygen atoms in total. The van der Waals surface area contributed by atoms with E-state index in [1.54, 1.807) is 30.3 Å². The second-order valence-corrected chi connectivity index (χ2v) is 6.69. The summed E-state index contributed by atoms with van der Waals surface area (Å²) < 4.78 is 0. The number of phenolic OH excluding ortho intramolecular Hbond substituents is 5. The van der Waals surface area contributed by atoms with Crippen LogP contribution in [0.15, 0.2) is 54.6 Å². The van der Waals surface area contributed by atoms with E-state index < -0.39 is 0 Å². The molecule has 0 saturated heterocycles. The number of aryl methyl sites for hydroxylation is 4. The van der Waals surface area contributed by atoms with Crippen LogP contribution in [0.4, 0.5) is 0 Å². The number of hydrogen-bond acceptors (Lipinski definition) is 5. The molecule has 0 aliphatic heterocycles. The van der Waals surface area contributed by atoms with Crippen LogP contribution in [0.3, 0.4) is 0 Å². The predicted molar refractivity (Wildman–Crippen MR) is 102 cm³/mol. The van der Waals surface area contributed by atoms with Gasteiger partial charge < -0.3 is 25.5 Å². The lowest BCUT2D eigenvalue weighted by Crippen LogP contribution is -1.96. The van der Waals surface area contributed by atoms with Crippen LogP contribution in [-0.4, -0.2) is 25.5 Å². The fourth-order valence-electron chi connectivity index (χ4n) is 3.13. The van der Waals surface area contributed by atoms with Gasteiger partial charge in [-0.05, 0) is 84.3 Å². The number of phenols is 5. The third-order valence-corrected chi connectivity index (χ3v) is 4.44. The predicted octanol–water partition coefficient (Wildman–Crippen LogP) is 3.79. The molecule has 0 aliphatic rings. The molecule has 27 heavy (non-hydrogen) atoms. The molecule has 0 aliphatic carbocycles. The van der Waals surface area contributed by atoms with E-state index in [1.807, 2.05) is 6.07 Å². The molecule has 5 heteroatoms. The van der Waals surface area contributed by atoms with Crippen molar-refractivity contribution in [3.63, 3.8) is 0 Å². The Morgan fingerprint density at radius 1 is 0.407 bits per heavy atom. The molecular formula is C22H22O5. The van der Waals surface area contributed by atoms with Crippen LogP contribution in [-0.2, 0) is 25.7 Å². The van der Waals surface area contributed by atoms with Crippen molar-refractivity contribution in [2.45, 2.75) is 25.7 Å². The Balaban J connectivity index is 1.67. The highest BCUT2D eigenvalue weighted by Gasteiger charge is 2.06. The molecule has 0 aromatic heterocycles. The van der Waals surface area contributed by atoms with Crippen molar-refractivity contribution in [1.29, 1.82) is 0 Å². The molecule has 0 heterocycles. The Kier molecular flexibility index (Phi) is 5.41. The standard InChI is InChI=1S/C22H22O5/c23-18-8-15(2-1-14-5-6-21(26)22(27)12-14)7-16(9-18)3-4-17-10-19(24)13-20(25)11-17/h5-13,23-27H,1-4H2. The van der Waals surface area contributed by atoms with Gasteiger partial charge in [0.25, 0.3) is 0 Å². The maximum absolute atomic E-state index is 10.0. The van der Waals surface area contributed by atoms with Crippen LogP contribution in [0.25, 0.3) is 0 Å². The molecule has 3 aromatic rings. The van der Waals surface area contributed by atoms with Gasteiger partial charge in [0.05, 0.1) is 0 Å². The smallest absolute Gasteiger partial charge is 0.157 e. The Bertz CT molecular complexity index is 929. The van der Waals surface area contributed by atoms with Gasteiger partial charge in [-0.1, -0.05) is 12.1 Å². The molecule has 0 atom stereocenters. The van der Waals surface area contributed by atoms with Gasteiger partial charge in [-0.2, -0.15) is 0 Å². The van der Waals surface area contributed by atoms with Crippen LogP contribution in [0.5, 0.6) is 28.7 Å². The summed E-state index contributed by atoms with van der Waals surface area (Å²) in [6.07, 6.45) is 2.62. The fourth-order valence-corrected chi connectivity index (χ4v) is 3.13. The summed E-state index contributed by atoms with van der Waals surface area (Å²) in [5.74, 6) is -0.0397. The fraction of sp³-hybridized carbons (Fsp3) is 0.182. The molecule has 140 valence electrons. The lowest BCUT2D eigenvalue weighted by molar-refractivity contribution is 0.403.